The number of halogens is 2. The lowest BCUT2D eigenvalue weighted by molar-refractivity contribution is 0.0335. The fourth-order valence-corrected chi connectivity index (χ4v) is 4.58. The third-order valence-electron chi connectivity index (χ3n) is 5.49. The summed E-state index contributed by atoms with van der Waals surface area (Å²) in [7, 11) is -1.01. The van der Waals surface area contributed by atoms with Crippen molar-refractivity contribution < 1.29 is 26.7 Å². The van der Waals surface area contributed by atoms with E-state index >= 15 is 0 Å². The van der Waals surface area contributed by atoms with Gasteiger partial charge in [0.15, 0.2) is 11.6 Å². The zero-order valence-corrected chi connectivity index (χ0v) is 17.9. The van der Waals surface area contributed by atoms with Crippen LogP contribution in [0.2, 0.25) is 0 Å². The molecule has 168 valence electrons. The molecular formula is C21H19F2N3O5S. The normalized spacial score (nSPS) is 16.1. The van der Waals surface area contributed by atoms with E-state index in [1.165, 1.54) is 43.3 Å². The number of aromatic nitrogens is 1. The number of pyridine rings is 1. The lowest BCUT2D eigenvalue weighted by Crippen LogP contribution is -2.37. The SMILES string of the molecule is CNS(=O)(=O)c1cccc(C(=O)N(C)[C@@H]2COCc3[nH]c(=O)c4cc(F)c(F)cc4c32)c1. The number of sulfonamides is 1. The Labute approximate surface area is 181 Å². The molecule has 0 saturated heterocycles. The molecule has 0 saturated carbocycles. The molecule has 1 aromatic heterocycles. The lowest BCUT2D eigenvalue weighted by atomic mass is 9.95. The quantitative estimate of drug-likeness (QED) is 0.616. The molecule has 1 amide bonds. The van der Waals surface area contributed by atoms with Crippen LogP contribution in [0.5, 0.6) is 0 Å². The van der Waals surface area contributed by atoms with Crippen molar-refractivity contribution in [1.29, 1.82) is 0 Å². The molecule has 2 N–H and O–H groups in total. The Kier molecular flexibility index (Phi) is 5.57. The Morgan fingerprint density at radius 1 is 1.19 bits per heavy atom. The number of H-pyrrole nitrogens is 1. The van der Waals surface area contributed by atoms with Crippen molar-refractivity contribution >= 4 is 26.7 Å². The van der Waals surface area contributed by atoms with Gasteiger partial charge in [-0.25, -0.2) is 21.9 Å². The van der Waals surface area contributed by atoms with Crippen molar-refractivity contribution in [3.05, 3.63) is 75.2 Å². The number of hydrogen-bond donors (Lipinski definition) is 2. The maximum atomic E-state index is 14.0. The van der Waals surface area contributed by atoms with Crippen molar-refractivity contribution in [2.75, 3.05) is 20.7 Å². The maximum absolute atomic E-state index is 14.0. The van der Waals surface area contributed by atoms with Crippen molar-refractivity contribution in [3.8, 4) is 0 Å². The van der Waals surface area contributed by atoms with Crippen LogP contribution in [0.25, 0.3) is 10.8 Å². The molecule has 0 bridgehead atoms. The number of amides is 1. The van der Waals surface area contributed by atoms with Gasteiger partial charge >= 0.3 is 0 Å². The number of rotatable bonds is 4. The number of carbonyl (C=O) groups excluding carboxylic acids is 1. The van der Waals surface area contributed by atoms with E-state index in [1.54, 1.807) is 0 Å². The topological polar surface area (TPSA) is 109 Å². The highest BCUT2D eigenvalue weighted by atomic mass is 32.2. The number of aromatic amines is 1. The summed E-state index contributed by atoms with van der Waals surface area (Å²) in [4.78, 5) is 29.4. The van der Waals surface area contributed by atoms with E-state index in [0.29, 0.717) is 11.3 Å². The monoisotopic (exact) mass is 463 g/mol. The van der Waals surface area contributed by atoms with Crippen molar-refractivity contribution in [2.24, 2.45) is 0 Å². The average Bonchev–Trinajstić information content (AvgIpc) is 2.79. The first-order valence-electron chi connectivity index (χ1n) is 9.56. The second-order valence-electron chi connectivity index (χ2n) is 7.34. The first-order chi connectivity index (χ1) is 15.1. The van der Waals surface area contributed by atoms with Crippen LogP contribution in [0.15, 0.2) is 46.1 Å². The third-order valence-corrected chi connectivity index (χ3v) is 6.90. The fourth-order valence-electron chi connectivity index (χ4n) is 3.81. The molecule has 8 nitrogen and oxygen atoms in total. The molecule has 0 radical (unpaired) electrons. The van der Waals surface area contributed by atoms with E-state index in [2.05, 4.69) is 9.71 Å². The van der Waals surface area contributed by atoms with Gasteiger partial charge in [-0.15, -0.1) is 0 Å². The summed E-state index contributed by atoms with van der Waals surface area (Å²) in [6.07, 6.45) is 0. The van der Waals surface area contributed by atoms with Crippen molar-refractivity contribution in [2.45, 2.75) is 17.5 Å². The number of carbonyl (C=O) groups is 1. The Hall–Kier alpha value is -3.15. The van der Waals surface area contributed by atoms with Gasteiger partial charge in [-0.1, -0.05) is 6.07 Å². The summed E-state index contributed by atoms with van der Waals surface area (Å²) < 4.78 is 59.7. The highest BCUT2D eigenvalue weighted by Crippen LogP contribution is 2.34. The molecule has 1 aliphatic rings. The largest absolute Gasteiger partial charge is 0.373 e. The molecule has 0 fully saturated rings. The first-order valence-corrected chi connectivity index (χ1v) is 11.0. The molecule has 0 spiro atoms. The van der Waals surface area contributed by atoms with Gasteiger partial charge in [0.1, 0.15) is 0 Å². The molecule has 2 aromatic carbocycles. The molecule has 1 aliphatic heterocycles. The highest BCUT2D eigenvalue weighted by molar-refractivity contribution is 7.89. The lowest BCUT2D eigenvalue weighted by Gasteiger charge is -2.34. The molecular weight excluding hydrogens is 444 g/mol. The summed E-state index contributed by atoms with van der Waals surface area (Å²) in [6, 6.07) is 6.55. The van der Waals surface area contributed by atoms with E-state index in [9.17, 15) is 26.8 Å². The van der Waals surface area contributed by atoms with Crippen LogP contribution in [0.4, 0.5) is 8.78 Å². The zero-order valence-electron chi connectivity index (χ0n) is 17.1. The summed E-state index contributed by atoms with van der Waals surface area (Å²) >= 11 is 0. The molecule has 1 atom stereocenters. The van der Waals surface area contributed by atoms with Gasteiger partial charge in [0.05, 0.1) is 29.5 Å². The number of ether oxygens (including phenoxy) is 1. The molecule has 0 unspecified atom stereocenters. The predicted molar refractivity (Wildman–Crippen MR) is 112 cm³/mol. The van der Waals surface area contributed by atoms with Crippen LogP contribution >= 0.6 is 0 Å². The first kappa shape index (κ1) is 22.1. The van der Waals surface area contributed by atoms with Crippen molar-refractivity contribution in [3.63, 3.8) is 0 Å². The van der Waals surface area contributed by atoms with E-state index < -0.39 is 39.2 Å². The van der Waals surface area contributed by atoms with Gasteiger partial charge in [0, 0.05) is 23.9 Å². The van der Waals surface area contributed by atoms with Crippen LogP contribution in [0, 0.1) is 11.6 Å². The van der Waals surface area contributed by atoms with E-state index in [4.69, 9.17) is 4.74 Å². The Morgan fingerprint density at radius 2 is 1.88 bits per heavy atom. The number of likely N-dealkylation sites (N-methyl/N-ethyl adjacent to an activating group) is 1. The molecule has 4 rings (SSSR count). The standard InChI is InChI=1S/C21H19F2N3O5S/c1-24-32(29,30)12-5-3-4-11(6-12)21(28)26(2)18-10-31-9-17-19(18)13-7-15(22)16(23)8-14(13)20(27)25-17/h3-8,18,24H,9-10H2,1-2H3,(H,25,27)/t18-/m1/s1. The van der Waals surface area contributed by atoms with E-state index in [1.807, 2.05) is 0 Å². The number of fused-ring (bicyclic) bond motifs is 3. The molecule has 2 heterocycles. The van der Waals surface area contributed by atoms with Gasteiger partial charge in [0.25, 0.3) is 11.5 Å². The van der Waals surface area contributed by atoms with E-state index in [0.717, 1.165) is 12.1 Å². The molecule has 32 heavy (non-hydrogen) atoms. The van der Waals surface area contributed by atoms with Crippen LogP contribution in [-0.4, -0.2) is 44.9 Å². The Bertz CT molecular complexity index is 1400. The van der Waals surface area contributed by atoms with Gasteiger partial charge in [-0.05, 0) is 42.8 Å². The summed E-state index contributed by atoms with van der Waals surface area (Å²) in [6.45, 7) is 0.0812. The van der Waals surface area contributed by atoms with E-state index in [-0.39, 0.29) is 34.4 Å². The number of nitrogens with one attached hydrogen (secondary N) is 2. The molecule has 3 aromatic rings. The average molecular weight is 463 g/mol. The van der Waals surface area contributed by atoms with Crippen LogP contribution in [-0.2, 0) is 21.4 Å². The summed E-state index contributed by atoms with van der Waals surface area (Å²) in [5.41, 5.74) is 0.318. The minimum Gasteiger partial charge on any atom is -0.373 e. The third kappa shape index (κ3) is 3.68. The van der Waals surface area contributed by atoms with Crippen LogP contribution < -0.4 is 10.3 Å². The number of nitrogens with zero attached hydrogens (tertiary/aromatic N) is 1. The highest BCUT2D eigenvalue weighted by Gasteiger charge is 2.31. The minimum absolute atomic E-state index is 0.0357. The maximum Gasteiger partial charge on any atom is 0.256 e. The van der Waals surface area contributed by atoms with Gasteiger partial charge in [0.2, 0.25) is 10.0 Å². The van der Waals surface area contributed by atoms with Gasteiger partial charge < -0.3 is 14.6 Å². The minimum atomic E-state index is -3.76. The van der Waals surface area contributed by atoms with Crippen LogP contribution in [0.3, 0.4) is 0 Å². The fraction of sp³-hybridized carbons (Fsp3) is 0.238. The Morgan fingerprint density at radius 3 is 2.56 bits per heavy atom. The van der Waals surface area contributed by atoms with Gasteiger partial charge in [-0.3, -0.25) is 9.59 Å². The summed E-state index contributed by atoms with van der Waals surface area (Å²) in [5.74, 6) is -2.78. The second kappa shape index (κ2) is 8.08. The molecule has 11 heteroatoms. The van der Waals surface area contributed by atoms with Crippen LogP contribution in [0.1, 0.15) is 27.7 Å². The predicted octanol–water partition coefficient (Wildman–Crippen LogP) is 2.06. The second-order valence-corrected chi connectivity index (χ2v) is 9.23. The van der Waals surface area contributed by atoms with Gasteiger partial charge in [-0.2, -0.15) is 0 Å². The smallest absolute Gasteiger partial charge is 0.256 e. The molecule has 0 aliphatic carbocycles. The van der Waals surface area contributed by atoms with Crippen molar-refractivity contribution in [1.82, 2.24) is 14.6 Å². The Balaban J connectivity index is 1.81. The number of hydrogen-bond acceptors (Lipinski definition) is 5. The zero-order chi connectivity index (χ0) is 23.2. The summed E-state index contributed by atoms with van der Waals surface area (Å²) in [5, 5.41) is 0.139. The number of benzene rings is 2.